The van der Waals surface area contributed by atoms with Crippen molar-refractivity contribution in [2.45, 2.75) is 44.7 Å². The van der Waals surface area contributed by atoms with Crippen LogP contribution in [0.2, 0.25) is 0 Å². The van der Waals surface area contributed by atoms with Gasteiger partial charge in [0, 0.05) is 25.7 Å². The first-order chi connectivity index (χ1) is 11.9. The lowest BCUT2D eigenvalue weighted by atomic mass is 9.99. The number of hydrogen-bond donors (Lipinski definition) is 1. The molecule has 2 aromatic carbocycles. The Morgan fingerprint density at radius 1 is 1.12 bits per heavy atom. The summed E-state index contributed by atoms with van der Waals surface area (Å²) in [5, 5.41) is 0. The van der Waals surface area contributed by atoms with E-state index in [0.29, 0.717) is 11.4 Å². The topological polar surface area (TPSA) is 49.4 Å². The molecule has 0 spiro atoms. The van der Waals surface area contributed by atoms with Crippen LogP contribution in [-0.2, 0) is 23.0 Å². The highest BCUT2D eigenvalue weighted by atomic mass is 32.2. The van der Waals surface area contributed by atoms with Gasteiger partial charge in [0.2, 0.25) is 10.0 Å². The van der Waals surface area contributed by atoms with Gasteiger partial charge in [0.25, 0.3) is 0 Å². The monoisotopic (exact) mass is 358 g/mol. The van der Waals surface area contributed by atoms with Gasteiger partial charge in [-0.3, -0.25) is 4.90 Å². The molecule has 1 aliphatic rings. The van der Waals surface area contributed by atoms with Crippen molar-refractivity contribution in [3.05, 3.63) is 64.7 Å². The SMILES string of the molecule is Cc1ccc(S(=O)(=O)NCC(C)N2CCc3ccccc3C2)c(C)c1. The molecule has 0 saturated carbocycles. The Labute approximate surface area is 150 Å². The second-order valence-corrected chi connectivity index (χ2v) is 8.69. The van der Waals surface area contributed by atoms with Crippen LogP contribution < -0.4 is 4.72 Å². The fourth-order valence-corrected chi connectivity index (χ4v) is 4.78. The minimum absolute atomic E-state index is 0.147. The first-order valence-corrected chi connectivity index (χ1v) is 10.2. The lowest BCUT2D eigenvalue weighted by molar-refractivity contribution is 0.192. The maximum absolute atomic E-state index is 12.6. The molecule has 0 fully saturated rings. The van der Waals surface area contributed by atoms with Crippen molar-refractivity contribution >= 4 is 10.0 Å². The molecular weight excluding hydrogens is 332 g/mol. The highest BCUT2D eigenvalue weighted by molar-refractivity contribution is 7.89. The van der Waals surface area contributed by atoms with Gasteiger partial charge in [-0.15, -0.1) is 0 Å². The normalized spacial score (nSPS) is 16.4. The molecule has 0 saturated heterocycles. The molecule has 0 bridgehead atoms. The second-order valence-electron chi connectivity index (χ2n) is 6.96. The molecule has 134 valence electrons. The first kappa shape index (κ1) is 18.1. The lowest BCUT2D eigenvalue weighted by Gasteiger charge is -2.33. The highest BCUT2D eigenvalue weighted by Crippen LogP contribution is 2.21. The third kappa shape index (κ3) is 4.11. The average molecular weight is 359 g/mol. The van der Waals surface area contributed by atoms with E-state index in [9.17, 15) is 8.42 Å². The third-order valence-electron chi connectivity index (χ3n) is 4.97. The van der Waals surface area contributed by atoms with E-state index in [2.05, 4.69) is 40.8 Å². The van der Waals surface area contributed by atoms with Crippen LogP contribution in [0.4, 0.5) is 0 Å². The van der Waals surface area contributed by atoms with Crippen LogP contribution in [0.5, 0.6) is 0 Å². The zero-order chi connectivity index (χ0) is 18.0. The number of nitrogens with one attached hydrogen (secondary N) is 1. The Hall–Kier alpha value is -1.69. The molecule has 1 unspecified atom stereocenters. The number of aryl methyl sites for hydroxylation is 2. The molecule has 1 atom stereocenters. The molecule has 0 amide bonds. The largest absolute Gasteiger partial charge is 0.295 e. The molecule has 0 aliphatic carbocycles. The molecule has 3 rings (SSSR count). The van der Waals surface area contributed by atoms with E-state index in [-0.39, 0.29) is 6.04 Å². The van der Waals surface area contributed by atoms with Crippen LogP contribution in [0, 0.1) is 13.8 Å². The van der Waals surface area contributed by atoms with Crippen molar-refractivity contribution in [1.82, 2.24) is 9.62 Å². The van der Waals surface area contributed by atoms with Crippen LogP contribution in [0.1, 0.15) is 29.2 Å². The molecule has 25 heavy (non-hydrogen) atoms. The minimum Gasteiger partial charge on any atom is -0.295 e. The van der Waals surface area contributed by atoms with Gasteiger partial charge in [0.15, 0.2) is 0 Å². The molecule has 0 aromatic heterocycles. The van der Waals surface area contributed by atoms with Crippen LogP contribution in [-0.4, -0.2) is 32.4 Å². The number of fused-ring (bicyclic) bond motifs is 1. The maximum Gasteiger partial charge on any atom is 0.240 e. The number of rotatable bonds is 5. The summed E-state index contributed by atoms with van der Waals surface area (Å²) in [7, 11) is -3.48. The van der Waals surface area contributed by atoms with Crippen molar-refractivity contribution in [1.29, 1.82) is 0 Å². The van der Waals surface area contributed by atoms with Crippen molar-refractivity contribution in [3.63, 3.8) is 0 Å². The van der Waals surface area contributed by atoms with Crippen LogP contribution in [0.15, 0.2) is 47.4 Å². The summed E-state index contributed by atoms with van der Waals surface area (Å²) in [5.74, 6) is 0. The van der Waals surface area contributed by atoms with Gasteiger partial charge in [-0.2, -0.15) is 0 Å². The van der Waals surface area contributed by atoms with Gasteiger partial charge in [0.1, 0.15) is 0 Å². The Bertz CT molecular complexity index is 862. The summed E-state index contributed by atoms with van der Waals surface area (Å²) < 4.78 is 28.0. The molecule has 2 aromatic rings. The fourth-order valence-electron chi connectivity index (χ4n) is 3.43. The Morgan fingerprint density at radius 3 is 2.56 bits per heavy atom. The van der Waals surface area contributed by atoms with E-state index >= 15 is 0 Å². The quantitative estimate of drug-likeness (QED) is 0.894. The highest BCUT2D eigenvalue weighted by Gasteiger charge is 2.23. The van der Waals surface area contributed by atoms with Gasteiger partial charge in [-0.05, 0) is 49.9 Å². The summed E-state index contributed by atoms with van der Waals surface area (Å²) in [6, 6.07) is 14.1. The van der Waals surface area contributed by atoms with Gasteiger partial charge < -0.3 is 0 Å². The molecule has 0 radical (unpaired) electrons. The maximum atomic E-state index is 12.6. The van der Waals surface area contributed by atoms with E-state index in [0.717, 1.165) is 30.6 Å². The molecule has 5 heteroatoms. The third-order valence-corrected chi connectivity index (χ3v) is 6.56. The zero-order valence-electron chi connectivity index (χ0n) is 15.1. The Balaban J connectivity index is 1.65. The molecule has 1 N–H and O–H groups in total. The van der Waals surface area contributed by atoms with Crippen molar-refractivity contribution in [3.8, 4) is 0 Å². The predicted molar refractivity (Wildman–Crippen MR) is 101 cm³/mol. The Kier molecular flexibility index (Phi) is 5.27. The smallest absolute Gasteiger partial charge is 0.240 e. The lowest BCUT2D eigenvalue weighted by Crippen LogP contribution is -2.44. The zero-order valence-corrected chi connectivity index (χ0v) is 15.9. The summed E-state index contributed by atoms with van der Waals surface area (Å²) in [6.07, 6.45) is 1.02. The number of nitrogens with zero attached hydrogens (tertiary/aromatic N) is 1. The summed E-state index contributed by atoms with van der Waals surface area (Å²) in [4.78, 5) is 2.71. The van der Waals surface area contributed by atoms with Crippen molar-refractivity contribution in [2.24, 2.45) is 0 Å². The first-order valence-electron chi connectivity index (χ1n) is 8.74. The number of benzene rings is 2. The second kappa shape index (κ2) is 7.28. The summed E-state index contributed by atoms with van der Waals surface area (Å²) >= 11 is 0. The van der Waals surface area contributed by atoms with Crippen LogP contribution >= 0.6 is 0 Å². The molecule has 1 aliphatic heterocycles. The molecule has 4 nitrogen and oxygen atoms in total. The summed E-state index contributed by atoms with van der Waals surface area (Å²) in [6.45, 7) is 8.14. The average Bonchev–Trinajstić information content (AvgIpc) is 2.59. The minimum atomic E-state index is -3.48. The summed E-state index contributed by atoms with van der Waals surface area (Å²) in [5.41, 5.74) is 4.60. The molecular formula is C20H26N2O2S. The Morgan fingerprint density at radius 2 is 1.84 bits per heavy atom. The predicted octanol–water partition coefficient (Wildman–Crippen LogP) is 3.03. The van der Waals surface area contributed by atoms with E-state index in [1.807, 2.05) is 26.0 Å². The van der Waals surface area contributed by atoms with Crippen molar-refractivity contribution < 1.29 is 8.42 Å². The number of hydrogen-bond acceptors (Lipinski definition) is 3. The van der Waals surface area contributed by atoms with Crippen molar-refractivity contribution in [2.75, 3.05) is 13.1 Å². The van der Waals surface area contributed by atoms with Gasteiger partial charge in [-0.1, -0.05) is 42.0 Å². The number of sulfonamides is 1. The molecule has 1 heterocycles. The standard InChI is InChI=1S/C20H26N2O2S/c1-15-8-9-20(16(2)12-15)25(23,24)21-13-17(3)22-11-10-18-6-4-5-7-19(18)14-22/h4-9,12,17,21H,10-11,13-14H2,1-3H3. The van der Waals surface area contributed by atoms with Crippen LogP contribution in [0.3, 0.4) is 0 Å². The fraction of sp³-hybridized carbons (Fsp3) is 0.400. The van der Waals surface area contributed by atoms with Gasteiger partial charge in [0.05, 0.1) is 4.90 Å². The van der Waals surface area contributed by atoms with E-state index in [1.54, 1.807) is 6.07 Å². The van der Waals surface area contributed by atoms with Gasteiger partial charge >= 0.3 is 0 Å². The van der Waals surface area contributed by atoms with Gasteiger partial charge in [-0.25, -0.2) is 13.1 Å². The van der Waals surface area contributed by atoms with E-state index in [4.69, 9.17) is 0 Å². The van der Waals surface area contributed by atoms with Crippen LogP contribution in [0.25, 0.3) is 0 Å². The van der Waals surface area contributed by atoms with E-state index in [1.165, 1.54) is 11.1 Å². The van der Waals surface area contributed by atoms with E-state index < -0.39 is 10.0 Å².